The molecule has 0 amide bonds. The number of aromatic amines is 1. The number of aromatic nitrogens is 3. The first kappa shape index (κ1) is 18.2. The average Bonchev–Trinajstić information content (AvgIpc) is 3.50. The Balaban J connectivity index is 1.17. The van der Waals surface area contributed by atoms with Gasteiger partial charge in [0.15, 0.2) is 0 Å². The first-order chi connectivity index (χ1) is 14.2. The Morgan fingerprint density at radius 3 is 2.52 bits per heavy atom. The number of benzene rings is 1. The van der Waals surface area contributed by atoms with Crippen molar-refractivity contribution in [2.75, 3.05) is 38.5 Å². The minimum atomic E-state index is 0.490. The quantitative estimate of drug-likeness (QED) is 0.752. The van der Waals surface area contributed by atoms with E-state index in [-0.39, 0.29) is 0 Å². The summed E-state index contributed by atoms with van der Waals surface area (Å²) in [5.41, 5.74) is 7.95. The van der Waals surface area contributed by atoms with Crippen LogP contribution in [0.15, 0.2) is 11.2 Å². The number of rotatable bonds is 4. The second-order valence-electron chi connectivity index (χ2n) is 9.52. The van der Waals surface area contributed by atoms with Crippen LogP contribution in [0.4, 0.5) is 11.6 Å². The normalized spacial score (nSPS) is 26.5. The zero-order chi connectivity index (χ0) is 19.4. The van der Waals surface area contributed by atoms with Crippen molar-refractivity contribution in [3.63, 3.8) is 0 Å². The fraction of sp³-hybridized carbons (Fsp3) is 0.636. The first-order valence-corrected chi connectivity index (χ1v) is 11.9. The van der Waals surface area contributed by atoms with E-state index in [1.165, 1.54) is 81.3 Å². The fourth-order valence-electron chi connectivity index (χ4n) is 6.01. The number of likely N-dealkylation sites (tertiary alicyclic amines) is 1. The van der Waals surface area contributed by atoms with E-state index in [2.05, 4.69) is 37.8 Å². The number of fused-ring (bicyclic) bond motifs is 2. The molecule has 2 saturated heterocycles. The van der Waals surface area contributed by atoms with Crippen LogP contribution in [0.1, 0.15) is 47.9 Å². The third-order valence-corrected chi connectivity index (χ3v) is 8.34. The minimum absolute atomic E-state index is 0.490. The van der Waals surface area contributed by atoms with Crippen molar-refractivity contribution < 1.29 is 0 Å². The summed E-state index contributed by atoms with van der Waals surface area (Å²) >= 11 is 1.72. The largest absolute Gasteiger partial charge is 0.324 e. The number of hydrogen-bond donors (Lipinski definition) is 2. The van der Waals surface area contributed by atoms with E-state index in [0.717, 1.165) is 24.2 Å². The maximum atomic E-state index is 4.78. The van der Waals surface area contributed by atoms with Gasteiger partial charge in [-0.05, 0) is 92.6 Å². The van der Waals surface area contributed by atoms with Gasteiger partial charge in [-0.1, -0.05) is 6.07 Å². The highest BCUT2D eigenvalue weighted by molar-refractivity contribution is 7.96. The number of anilines is 2. The molecule has 6 rings (SSSR count). The molecule has 1 unspecified atom stereocenters. The SMILES string of the molecule is CN1CCC2(CCN(Sc3n[nH]c(Nc4c5c(cc6c4CCC6)CCC5)n3)C2)C1. The molecule has 4 aliphatic rings. The second kappa shape index (κ2) is 7.00. The van der Waals surface area contributed by atoms with Crippen LogP contribution in [-0.2, 0) is 25.7 Å². The van der Waals surface area contributed by atoms with E-state index >= 15 is 0 Å². The van der Waals surface area contributed by atoms with Crippen molar-refractivity contribution in [3.8, 4) is 0 Å². The molecule has 0 saturated carbocycles. The van der Waals surface area contributed by atoms with Crippen LogP contribution in [0.2, 0.25) is 0 Å². The number of aryl methyl sites for hydroxylation is 2. The molecule has 7 heteroatoms. The molecule has 1 spiro atoms. The number of nitrogens with zero attached hydrogens (tertiary/aromatic N) is 4. The van der Waals surface area contributed by atoms with E-state index in [9.17, 15) is 0 Å². The Morgan fingerprint density at radius 1 is 1.03 bits per heavy atom. The molecule has 1 aromatic heterocycles. The van der Waals surface area contributed by atoms with Crippen LogP contribution in [-0.4, -0.2) is 57.6 Å². The summed E-state index contributed by atoms with van der Waals surface area (Å²) in [6.45, 7) is 4.75. The van der Waals surface area contributed by atoms with Crippen LogP contribution in [0.25, 0.3) is 0 Å². The topological polar surface area (TPSA) is 60.1 Å². The molecule has 0 bridgehead atoms. The van der Waals surface area contributed by atoms with Crippen LogP contribution < -0.4 is 5.32 Å². The molecule has 2 aromatic rings. The van der Waals surface area contributed by atoms with Gasteiger partial charge in [-0.2, -0.15) is 4.98 Å². The zero-order valence-electron chi connectivity index (χ0n) is 17.3. The Bertz CT molecular complexity index is 907. The predicted octanol–water partition coefficient (Wildman–Crippen LogP) is 3.56. The molecule has 29 heavy (non-hydrogen) atoms. The van der Waals surface area contributed by atoms with Crippen LogP contribution >= 0.6 is 11.9 Å². The highest BCUT2D eigenvalue weighted by Gasteiger charge is 2.42. The minimum Gasteiger partial charge on any atom is -0.324 e. The number of H-pyrrole nitrogens is 1. The van der Waals surface area contributed by atoms with Gasteiger partial charge >= 0.3 is 0 Å². The lowest BCUT2D eigenvalue weighted by Gasteiger charge is -2.22. The molecule has 1 atom stereocenters. The van der Waals surface area contributed by atoms with Gasteiger partial charge in [0.2, 0.25) is 11.1 Å². The van der Waals surface area contributed by atoms with E-state index < -0.39 is 0 Å². The smallest absolute Gasteiger partial charge is 0.225 e. The van der Waals surface area contributed by atoms with Crippen molar-refractivity contribution in [2.24, 2.45) is 5.41 Å². The van der Waals surface area contributed by atoms with Crippen molar-refractivity contribution in [3.05, 3.63) is 28.3 Å². The zero-order valence-corrected chi connectivity index (χ0v) is 18.1. The molecular formula is C22H30N6S. The maximum Gasteiger partial charge on any atom is 0.225 e. The molecular weight excluding hydrogens is 380 g/mol. The summed E-state index contributed by atoms with van der Waals surface area (Å²) in [6.07, 6.45) is 9.98. The molecule has 2 N–H and O–H groups in total. The second-order valence-corrected chi connectivity index (χ2v) is 10.6. The van der Waals surface area contributed by atoms with Crippen molar-refractivity contribution in [1.29, 1.82) is 0 Å². The summed E-state index contributed by atoms with van der Waals surface area (Å²) in [5.74, 6) is 0.788. The lowest BCUT2D eigenvalue weighted by atomic mass is 9.87. The van der Waals surface area contributed by atoms with Gasteiger partial charge < -0.3 is 10.2 Å². The third-order valence-electron chi connectivity index (χ3n) is 7.42. The van der Waals surface area contributed by atoms with Gasteiger partial charge in [0.1, 0.15) is 0 Å². The van der Waals surface area contributed by atoms with E-state index in [0.29, 0.717) is 5.41 Å². The Labute approximate surface area is 177 Å². The number of hydrogen-bond acceptors (Lipinski definition) is 6. The van der Waals surface area contributed by atoms with Gasteiger partial charge in [-0.25, -0.2) is 9.40 Å². The fourth-order valence-corrected chi connectivity index (χ4v) is 6.98. The van der Waals surface area contributed by atoms with Gasteiger partial charge in [0.05, 0.1) is 0 Å². The average molecular weight is 411 g/mol. The molecule has 1 aromatic carbocycles. The van der Waals surface area contributed by atoms with Crippen LogP contribution in [0.5, 0.6) is 0 Å². The molecule has 154 valence electrons. The van der Waals surface area contributed by atoms with Crippen molar-refractivity contribution >= 4 is 23.6 Å². The summed E-state index contributed by atoms with van der Waals surface area (Å²) < 4.78 is 2.46. The molecule has 2 fully saturated rings. The van der Waals surface area contributed by atoms with Crippen molar-refractivity contribution in [2.45, 2.75) is 56.5 Å². The number of nitrogens with one attached hydrogen (secondary N) is 2. The molecule has 3 heterocycles. The summed E-state index contributed by atoms with van der Waals surface area (Å²) in [7, 11) is 2.24. The van der Waals surface area contributed by atoms with Gasteiger partial charge in [0, 0.05) is 37.3 Å². The Hall–Kier alpha value is -1.57. The lowest BCUT2D eigenvalue weighted by molar-refractivity contribution is 0.298. The van der Waals surface area contributed by atoms with Gasteiger partial charge in [0.25, 0.3) is 0 Å². The Kier molecular flexibility index (Phi) is 4.39. The van der Waals surface area contributed by atoms with Crippen LogP contribution in [0, 0.1) is 5.41 Å². The van der Waals surface area contributed by atoms with Gasteiger partial charge in [-0.15, -0.1) is 5.10 Å². The van der Waals surface area contributed by atoms with E-state index in [1.54, 1.807) is 23.1 Å². The molecule has 6 nitrogen and oxygen atoms in total. The molecule has 2 aliphatic carbocycles. The van der Waals surface area contributed by atoms with Gasteiger partial charge in [-0.3, -0.25) is 0 Å². The predicted molar refractivity (Wildman–Crippen MR) is 117 cm³/mol. The van der Waals surface area contributed by atoms with E-state index in [1.807, 2.05) is 0 Å². The summed E-state index contributed by atoms with van der Waals surface area (Å²) in [4.78, 5) is 7.26. The summed E-state index contributed by atoms with van der Waals surface area (Å²) in [6, 6.07) is 2.47. The maximum absolute atomic E-state index is 4.78. The van der Waals surface area contributed by atoms with Crippen molar-refractivity contribution in [1.82, 2.24) is 24.4 Å². The van der Waals surface area contributed by atoms with E-state index in [4.69, 9.17) is 4.98 Å². The van der Waals surface area contributed by atoms with Crippen LogP contribution in [0.3, 0.4) is 0 Å². The third kappa shape index (κ3) is 3.27. The molecule has 0 radical (unpaired) electrons. The monoisotopic (exact) mass is 410 g/mol. The highest BCUT2D eigenvalue weighted by atomic mass is 32.2. The highest BCUT2D eigenvalue weighted by Crippen LogP contribution is 2.43. The first-order valence-electron chi connectivity index (χ1n) is 11.1. The summed E-state index contributed by atoms with van der Waals surface area (Å²) in [5, 5.41) is 12.1. The standard InChI is InChI=1S/C22H30N6S/c1-27-10-8-22(13-27)9-11-28(14-22)29-21-24-20(25-26-21)23-19-17-6-2-4-15(17)12-16-5-3-7-18(16)19/h12H,2-11,13-14H2,1H3,(H2,23,24,25,26). The molecule has 2 aliphatic heterocycles. The lowest BCUT2D eigenvalue weighted by Crippen LogP contribution is -2.27. The Morgan fingerprint density at radius 2 is 1.79 bits per heavy atom.